The van der Waals surface area contributed by atoms with Crippen molar-refractivity contribution in [3.05, 3.63) is 60.0 Å². The molecule has 0 unspecified atom stereocenters. The van der Waals surface area contributed by atoms with Crippen LogP contribution in [-0.2, 0) is 11.2 Å². The van der Waals surface area contributed by atoms with Crippen LogP contribution >= 0.6 is 0 Å². The molecule has 0 fully saturated rings. The van der Waals surface area contributed by atoms with E-state index in [4.69, 9.17) is 10.5 Å². The number of ether oxygens (including phenoxy) is 1. The highest BCUT2D eigenvalue weighted by Crippen LogP contribution is 2.24. The number of nitrogens with two attached hydrogens (primary N) is 1. The molecule has 4 N–H and O–H groups in total. The first-order valence-electron chi connectivity index (χ1n) is 7.64. The lowest BCUT2D eigenvalue weighted by Crippen LogP contribution is -2.20. The summed E-state index contributed by atoms with van der Waals surface area (Å²) in [6, 6.07) is 11.2. The Balaban J connectivity index is 1.63. The van der Waals surface area contributed by atoms with E-state index in [0.717, 1.165) is 22.9 Å². The number of hydrogen-bond donors (Lipinski definition) is 3. The van der Waals surface area contributed by atoms with Gasteiger partial charge in [-0.05, 0) is 61.0 Å². The molecule has 0 saturated carbocycles. The van der Waals surface area contributed by atoms with Crippen molar-refractivity contribution in [2.45, 2.75) is 6.42 Å². The molecule has 1 amide bonds. The van der Waals surface area contributed by atoms with Gasteiger partial charge in [0.25, 0.3) is 5.91 Å². The second kappa shape index (κ2) is 7.14. The second-order valence-corrected chi connectivity index (χ2v) is 5.40. The lowest BCUT2D eigenvalue weighted by Gasteiger charge is -2.08. The van der Waals surface area contributed by atoms with Gasteiger partial charge in [-0.1, -0.05) is 0 Å². The fraction of sp³-hybridized carbons (Fsp3) is 0.167. The lowest BCUT2D eigenvalue weighted by atomic mass is 10.1. The molecule has 6 heteroatoms. The molecule has 1 aromatic heterocycles. The Morgan fingerprint density at radius 3 is 2.75 bits per heavy atom. The molecule has 3 rings (SSSR count). The number of fused-ring (bicyclic) bond motifs is 1. The number of aromatic nitrogens is 1. The Bertz CT molecular complexity index is 843. The number of anilines is 1. The van der Waals surface area contributed by atoms with E-state index in [0.29, 0.717) is 18.0 Å². The number of H-pyrrole nitrogens is 1. The van der Waals surface area contributed by atoms with Crippen LogP contribution in [0.15, 0.2) is 48.7 Å². The number of hydrogen-bond acceptors (Lipinski definition) is 3. The van der Waals surface area contributed by atoms with Gasteiger partial charge in [0.1, 0.15) is 11.6 Å². The van der Waals surface area contributed by atoms with E-state index < -0.39 is 0 Å². The van der Waals surface area contributed by atoms with E-state index in [1.807, 2.05) is 18.3 Å². The quantitative estimate of drug-likeness (QED) is 0.651. The number of nitrogens with one attached hydrogen (secondary N) is 2. The normalized spacial score (nSPS) is 10.8. The minimum Gasteiger partial charge on any atom is -0.484 e. The van der Waals surface area contributed by atoms with Crippen LogP contribution < -0.4 is 15.8 Å². The minimum atomic E-state index is -0.350. The van der Waals surface area contributed by atoms with Gasteiger partial charge in [-0.15, -0.1) is 0 Å². The average molecular weight is 327 g/mol. The molecule has 0 atom stereocenters. The molecule has 2 aromatic carbocycles. The monoisotopic (exact) mass is 327 g/mol. The zero-order valence-electron chi connectivity index (χ0n) is 13.0. The largest absolute Gasteiger partial charge is 0.484 e. The van der Waals surface area contributed by atoms with Crippen LogP contribution in [0.2, 0.25) is 0 Å². The van der Waals surface area contributed by atoms with Gasteiger partial charge in [-0.2, -0.15) is 0 Å². The molecule has 0 saturated heterocycles. The van der Waals surface area contributed by atoms with Crippen molar-refractivity contribution in [1.29, 1.82) is 0 Å². The molecule has 0 aliphatic rings. The van der Waals surface area contributed by atoms with Gasteiger partial charge in [0.05, 0.1) is 0 Å². The number of carbonyl (C=O) groups excluding carboxylic acids is 1. The molecule has 0 spiro atoms. The van der Waals surface area contributed by atoms with Crippen molar-refractivity contribution in [3.63, 3.8) is 0 Å². The van der Waals surface area contributed by atoms with E-state index in [2.05, 4.69) is 10.3 Å². The lowest BCUT2D eigenvalue weighted by molar-refractivity contribution is -0.118. The standard InChI is InChI=1S/C18H18FN3O2/c19-13-1-3-14(4-2-13)22-18(23)11-24-15-5-6-17-16(9-15)12(7-8-20)10-21-17/h1-6,9-10,21H,7-8,11,20H2,(H,22,23). The number of aromatic amines is 1. The van der Waals surface area contributed by atoms with Crippen LogP contribution in [0.25, 0.3) is 10.9 Å². The summed E-state index contributed by atoms with van der Waals surface area (Å²) in [5.41, 5.74) is 8.25. The summed E-state index contributed by atoms with van der Waals surface area (Å²) in [5.74, 6) is -0.0510. The number of benzene rings is 2. The number of carbonyl (C=O) groups is 1. The van der Waals surface area contributed by atoms with E-state index >= 15 is 0 Å². The summed E-state index contributed by atoms with van der Waals surface area (Å²) in [6.07, 6.45) is 2.71. The molecule has 0 aliphatic carbocycles. The van der Waals surface area contributed by atoms with Gasteiger partial charge in [-0.3, -0.25) is 4.79 Å². The Labute approximate surface area is 138 Å². The molecule has 24 heavy (non-hydrogen) atoms. The van der Waals surface area contributed by atoms with E-state index in [-0.39, 0.29) is 18.3 Å². The van der Waals surface area contributed by atoms with Crippen LogP contribution in [-0.4, -0.2) is 24.0 Å². The molecule has 0 aliphatic heterocycles. The predicted molar refractivity (Wildman–Crippen MR) is 91.6 cm³/mol. The third kappa shape index (κ3) is 3.72. The van der Waals surface area contributed by atoms with Crippen LogP contribution in [0.1, 0.15) is 5.56 Å². The first-order chi connectivity index (χ1) is 11.7. The topological polar surface area (TPSA) is 80.1 Å². The highest BCUT2D eigenvalue weighted by molar-refractivity contribution is 5.92. The van der Waals surface area contributed by atoms with Crippen molar-refractivity contribution < 1.29 is 13.9 Å². The summed E-state index contributed by atoms with van der Waals surface area (Å²) >= 11 is 0. The zero-order chi connectivity index (χ0) is 16.9. The molecule has 0 radical (unpaired) electrons. The highest BCUT2D eigenvalue weighted by atomic mass is 19.1. The molecule has 124 valence electrons. The zero-order valence-corrected chi connectivity index (χ0v) is 13.0. The summed E-state index contributed by atoms with van der Waals surface area (Å²) in [4.78, 5) is 15.1. The van der Waals surface area contributed by atoms with Gasteiger partial charge in [-0.25, -0.2) is 4.39 Å². The van der Waals surface area contributed by atoms with E-state index in [9.17, 15) is 9.18 Å². The first kappa shape index (κ1) is 16.0. The van der Waals surface area contributed by atoms with Gasteiger partial charge in [0.2, 0.25) is 0 Å². The Kier molecular flexibility index (Phi) is 4.77. The average Bonchev–Trinajstić information content (AvgIpc) is 2.98. The fourth-order valence-corrected chi connectivity index (χ4v) is 2.49. The van der Waals surface area contributed by atoms with Crippen molar-refractivity contribution in [3.8, 4) is 5.75 Å². The van der Waals surface area contributed by atoms with E-state index in [1.54, 1.807) is 6.07 Å². The van der Waals surface area contributed by atoms with Gasteiger partial charge < -0.3 is 20.8 Å². The van der Waals surface area contributed by atoms with Gasteiger partial charge >= 0.3 is 0 Å². The second-order valence-electron chi connectivity index (χ2n) is 5.40. The SMILES string of the molecule is NCCc1c[nH]c2ccc(OCC(=O)Nc3ccc(F)cc3)cc12. The number of amides is 1. The molecular weight excluding hydrogens is 309 g/mol. The Morgan fingerprint density at radius 1 is 1.21 bits per heavy atom. The maximum Gasteiger partial charge on any atom is 0.262 e. The van der Waals surface area contributed by atoms with Gasteiger partial charge in [0.15, 0.2) is 6.61 Å². The molecule has 1 heterocycles. The van der Waals surface area contributed by atoms with Crippen molar-refractivity contribution >= 4 is 22.5 Å². The first-order valence-corrected chi connectivity index (χ1v) is 7.64. The third-order valence-electron chi connectivity index (χ3n) is 3.65. The van der Waals surface area contributed by atoms with E-state index in [1.165, 1.54) is 24.3 Å². The van der Waals surface area contributed by atoms with Crippen molar-refractivity contribution in [2.24, 2.45) is 5.73 Å². The highest BCUT2D eigenvalue weighted by Gasteiger charge is 2.07. The summed E-state index contributed by atoms with van der Waals surface area (Å²) in [6.45, 7) is 0.442. The summed E-state index contributed by atoms with van der Waals surface area (Å²) in [7, 11) is 0. The maximum atomic E-state index is 12.8. The van der Waals surface area contributed by atoms with Crippen LogP contribution in [0.4, 0.5) is 10.1 Å². The maximum absolute atomic E-state index is 12.8. The van der Waals surface area contributed by atoms with Crippen molar-refractivity contribution in [2.75, 3.05) is 18.5 Å². The third-order valence-corrected chi connectivity index (χ3v) is 3.65. The molecule has 0 bridgehead atoms. The van der Waals surface area contributed by atoms with Crippen LogP contribution in [0, 0.1) is 5.82 Å². The van der Waals surface area contributed by atoms with Gasteiger partial charge in [0, 0.05) is 22.8 Å². The summed E-state index contributed by atoms with van der Waals surface area (Å²) in [5, 5.41) is 3.69. The summed E-state index contributed by atoms with van der Waals surface area (Å²) < 4.78 is 18.4. The van der Waals surface area contributed by atoms with Crippen LogP contribution in [0.5, 0.6) is 5.75 Å². The molecule has 3 aromatic rings. The fourth-order valence-electron chi connectivity index (χ4n) is 2.49. The number of halogens is 1. The Morgan fingerprint density at radius 2 is 2.00 bits per heavy atom. The van der Waals surface area contributed by atoms with Crippen LogP contribution in [0.3, 0.4) is 0 Å². The molecular formula is C18H18FN3O2. The smallest absolute Gasteiger partial charge is 0.262 e. The number of rotatable bonds is 6. The minimum absolute atomic E-state index is 0.125. The Hall–Kier alpha value is -2.86. The molecule has 5 nitrogen and oxygen atoms in total. The predicted octanol–water partition coefficient (Wildman–Crippen LogP) is 2.83. The van der Waals surface area contributed by atoms with Crippen molar-refractivity contribution in [1.82, 2.24) is 4.98 Å².